The lowest BCUT2D eigenvalue weighted by molar-refractivity contribution is -0.159. The van der Waals surface area contributed by atoms with Crippen LogP contribution in [0.2, 0.25) is 0 Å². The number of hydrogen-bond acceptors (Lipinski definition) is 5. The molecule has 0 saturated heterocycles. The van der Waals surface area contributed by atoms with Crippen LogP contribution in [0.1, 0.15) is 11.6 Å². The number of alkyl halides is 3. The molecule has 0 atom stereocenters. The number of rotatable bonds is 4. The van der Waals surface area contributed by atoms with Crippen molar-refractivity contribution in [2.24, 2.45) is 0 Å². The van der Waals surface area contributed by atoms with Crippen molar-refractivity contribution in [1.29, 1.82) is 0 Å². The largest absolute Gasteiger partial charge is 0.471 e. The SMILES string of the molecule is O=C(NCc1ccc(-c2noc(C(F)(F)F)n2)cn1)Nc1ccccc1. The highest BCUT2D eigenvalue weighted by atomic mass is 19.4. The summed E-state index contributed by atoms with van der Waals surface area (Å²) in [4.78, 5) is 19.1. The zero-order valence-electron chi connectivity index (χ0n) is 13.1. The molecule has 0 saturated carbocycles. The van der Waals surface area contributed by atoms with Gasteiger partial charge in [-0.25, -0.2) is 4.79 Å². The Morgan fingerprint density at radius 3 is 2.50 bits per heavy atom. The maximum absolute atomic E-state index is 12.5. The van der Waals surface area contributed by atoms with Gasteiger partial charge in [-0.3, -0.25) is 4.98 Å². The van der Waals surface area contributed by atoms with E-state index in [2.05, 4.69) is 30.3 Å². The van der Waals surface area contributed by atoms with Crippen molar-refractivity contribution in [3.05, 3.63) is 60.2 Å². The van der Waals surface area contributed by atoms with Gasteiger partial charge in [0.05, 0.1) is 12.2 Å². The number of carbonyl (C=O) groups is 1. The fourth-order valence-electron chi connectivity index (χ4n) is 1.98. The van der Waals surface area contributed by atoms with Crippen LogP contribution in [0.25, 0.3) is 11.4 Å². The first-order valence-corrected chi connectivity index (χ1v) is 7.38. The monoisotopic (exact) mass is 363 g/mol. The Morgan fingerprint density at radius 1 is 1.12 bits per heavy atom. The number of halogens is 3. The van der Waals surface area contributed by atoms with Crippen LogP contribution < -0.4 is 10.6 Å². The lowest BCUT2D eigenvalue weighted by Gasteiger charge is -2.07. The molecule has 0 aliphatic rings. The Labute approximate surface area is 145 Å². The van der Waals surface area contributed by atoms with E-state index in [9.17, 15) is 18.0 Å². The summed E-state index contributed by atoms with van der Waals surface area (Å²) in [6.45, 7) is 0.138. The van der Waals surface area contributed by atoms with Gasteiger partial charge in [0.2, 0.25) is 5.82 Å². The maximum atomic E-state index is 12.5. The second-order valence-corrected chi connectivity index (χ2v) is 5.13. The van der Waals surface area contributed by atoms with Gasteiger partial charge in [-0.15, -0.1) is 0 Å². The summed E-state index contributed by atoms with van der Waals surface area (Å²) < 4.78 is 41.5. The molecule has 26 heavy (non-hydrogen) atoms. The van der Waals surface area contributed by atoms with E-state index in [4.69, 9.17) is 0 Å². The van der Waals surface area contributed by atoms with E-state index in [1.54, 1.807) is 30.3 Å². The van der Waals surface area contributed by atoms with Crippen molar-refractivity contribution in [2.75, 3.05) is 5.32 Å². The molecule has 0 bridgehead atoms. The number of nitrogens with zero attached hydrogens (tertiary/aromatic N) is 3. The normalized spacial score (nSPS) is 11.2. The Morgan fingerprint density at radius 2 is 1.88 bits per heavy atom. The number of aromatic nitrogens is 3. The minimum Gasteiger partial charge on any atom is -0.332 e. The van der Waals surface area contributed by atoms with Crippen molar-refractivity contribution < 1.29 is 22.5 Å². The zero-order valence-corrected chi connectivity index (χ0v) is 13.1. The topological polar surface area (TPSA) is 92.9 Å². The summed E-state index contributed by atoms with van der Waals surface area (Å²) >= 11 is 0. The Hall–Kier alpha value is -3.43. The molecule has 0 spiro atoms. The minimum atomic E-state index is -4.70. The fraction of sp³-hybridized carbons (Fsp3) is 0.125. The van der Waals surface area contributed by atoms with Crippen LogP contribution in [0.15, 0.2) is 53.2 Å². The molecule has 1 aromatic carbocycles. The first-order valence-electron chi connectivity index (χ1n) is 7.38. The Kier molecular flexibility index (Phi) is 4.83. The summed E-state index contributed by atoms with van der Waals surface area (Å²) in [7, 11) is 0. The third kappa shape index (κ3) is 4.35. The molecule has 134 valence electrons. The van der Waals surface area contributed by atoms with Crippen LogP contribution in [0.3, 0.4) is 0 Å². The molecule has 3 rings (SSSR count). The van der Waals surface area contributed by atoms with Gasteiger partial charge in [0, 0.05) is 17.4 Å². The molecule has 0 aliphatic heterocycles. The highest BCUT2D eigenvalue weighted by Gasteiger charge is 2.38. The van der Waals surface area contributed by atoms with Crippen molar-refractivity contribution in [1.82, 2.24) is 20.4 Å². The zero-order chi connectivity index (χ0) is 18.6. The van der Waals surface area contributed by atoms with E-state index in [1.165, 1.54) is 12.3 Å². The van der Waals surface area contributed by atoms with E-state index in [-0.39, 0.29) is 17.9 Å². The summed E-state index contributed by atoms with van der Waals surface area (Å²) in [6, 6.07) is 11.5. The van der Waals surface area contributed by atoms with Crippen LogP contribution in [-0.2, 0) is 12.7 Å². The first-order chi connectivity index (χ1) is 12.4. The fourth-order valence-corrected chi connectivity index (χ4v) is 1.98. The molecular formula is C16H12F3N5O2. The lowest BCUT2D eigenvalue weighted by atomic mass is 10.2. The summed E-state index contributed by atoms with van der Waals surface area (Å²) in [5, 5.41) is 8.55. The molecule has 2 N–H and O–H groups in total. The first kappa shape index (κ1) is 17.4. The highest BCUT2D eigenvalue weighted by Crippen LogP contribution is 2.29. The number of urea groups is 1. The van der Waals surface area contributed by atoms with Gasteiger partial charge in [0.15, 0.2) is 0 Å². The molecule has 2 aromatic heterocycles. The van der Waals surface area contributed by atoms with Crippen LogP contribution in [0.5, 0.6) is 0 Å². The molecule has 7 nitrogen and oxygen atoms in total. The van der Waals surface area contributed by atoms with Crippen molar-refractivity contribution in [2.45, 2.75) is 12.7 Å². The van der Waals surface area contributed by atoms with Crippen LogP contribution in [-0.4, -0.2) is 21.2 Å². The van der Waals surface area contributed by atoms with Gasteiger partial charge in [-0.1, -0.05) is 23.4 Å². The number of amides is 2. The minimum absolute atomic E-state index is 0.138. The second-order valence-electron chi connectivity index (χ2n) is 5.13. The lowest BCUT2D eigenvalue weighted by Crippen LogP contribution is -2.28. The molecule has 10 heteroatoms. The number of hydrogen-bond donors (Lipinski definition) is 2. The van der Waals surface area contributed by atoms with Crippen LogP contribution >= 0.6 is 0 Å². The maximum Gasteiger partial charge on any atom is 0.471 e. The molecule has 0 unspecified atom stereocenters. The van der Waals surface area contributed by atoms with E-state index < -0.39 is 18.1 Å². The van der Waals surface area contributed by atoms with Gasteiger partial charge in [-0.05, 0) is 24.3 Å². The molecule has 0 radical (unpaired) electrons. The van der Waals surface area contributed by atoms with E-state index in [0.717, 1.165) is 0 Å². The van der Waals surface area contributed by atoms with E-state index in [1.807, 2.05) is 6.07 Å². The smallest absolute Gasteiger partial charge is 0.332 e. The van der Waals surface area contributed by atoms with Gasteiger partial charge >= 0.3 is 18.1 Å². The molecule has 2 heterocycles. The van der Waals surface area contributed by atoms with Crippen molar-refractivity contribution >= 4 is 11.7 Å². The van der Waals surface area contributed by atoms with E-state index in [0.29, 0.717) is 11.4 Å². The van der Waals surface area contributed by atoms with Gasteiger partial charge in [0.1, 0.15) is 0 Å². The number of benzene rings is 1. The number of nitrogens with one attached hydrogen (secondary N) is 2. The third-order valence-electron chi connectivity index (χ3n) is 3.21. The number of carbonyl (C=O) groups excluding carboxylic acids is 1. The average Bonchev–Trinajstić information content (AvgIpc) is 3.12. The van der Waals surface area contributed by atoms with E-state index >= 15 is 0 Å². The predicted octanol–water partition coefficient (Wildman–Crippen LogP) is 3.47. The second kappa shape index (κ2) is 7.21. The standard InChI is InChI=1S/C16H12F3N5O2/c17-16(18,19)14-23-13(24-26-14)10-6-7-12(20-8-10)9-21-15(25)22-11-4-2-1-3-5-11/h1-8H,9H2,(H2,21,22,25). The number of anilines is 1. The quantitative estimate of drug-likeness (QED) is 0.740. The van der Waals surface area contributed by atoms with Gasteiger partial charge in [0.25, 0.3) is 0 Å². The van der Waals surface area contributed by atoms with Crippen LogP contribution in [0, 0.1) is 0 Å². The van der Waals surface area contributed by atoms with Crippen molar-refractivity contribution in [3.8, 4) is 11.4 Å². The van der Waals surface area contributed by atoms with Crippen molar-refractivity contribution in [3.63, 3.8) is 0 Å². The summed E-state index contributed by atoms with van der Waals surface area (Å²) in [5.74, 6) is -1.64. The molecule has 0 aliphatic carbocycles. The summed E-state index contributed by atoms with van der Waals surface area (Å²) in [6.07, 6.45) is -3.40. The van der Waals surface area contributed by atoms with Crippen LogP contribution in [0.4, 0.5) is 23.7 Å². The average molecular weight is 363 g/mol. The van der Waals surface area contributed by atoms with Gasteiger partial charge in [-0.2, -0.15) is 18.2 Å². The number of para-hydroxylation sites is 1. The Balaban J connectivity index is 1.58. The Bertz CT molecular complexity index is 879. The third-order valence-corrected chi connectivity index (χ3v) is 3.21. The number of pyridine rings is 1. The highest BCUT2D eigenvalue weighted by molar-refractivity contribution is 5.89. The molecular weight excluding hydrogens is 351 g/mol. The molecule has 0 fully saturated rings. The van der Waals surface area contributed by atoms with Gasteiger partial charge < -0.3 is 15.2 Å². The molecule has 2 amide bonds. The predicted molar refractivity (Wildman–Crippen MR) is 84.8 cm³/mol. The molecule has 3 aromatic rings. The summed E-state index contributed by atoms with van der Waals surface area (Å²) in [5.41, 5.74) is 1.42.